The minimum atomic E-state index is -0.223. The zero-order valence-corrected chi connectivity index (χ0v) is 11.5. The van der Waals surface area contributed by atoms with Gasteiger partial charge in [-0.05, 0) is 24.5 Å². The summed E-state index contributed by atoms with van der Waals surface area (Å²) in [7, 11) is 0. The van der Waals surface area contributed by atoms with Crippen LogP contribution in [0.3, 0.4) is 0 Å². The van der Waals surface area contributed by atoms with Crippen LogP contribution in [0.4, 0.5) is 0 Å². The molecule has 2 N–H and O–H groups in total. The van der Waals surface area contributed by atoms with Crippen molar-refractivity contribution in [2.45, 2.75) is 19.8 Å². The van der Waals surface area contributed by atoms with Crippen molar-refractivity contribution < 1.29 is 9.90 Å². The predicted octanol–water partition coefficient (Wildman–Crippen LogP) is 1.77. The molecule has 1 heterocycles. The zero-order valence-electron chi connectivity index (χ0n) is 11.5. The van der Waals surface area contributed by atoms with E-state index >= 15 is 0 Å². The Morgan fingerprint density at radius 2 is 2.10 bits per heavy atom. The van der Waals surface area contributed by atoms with Gasteiger partial charge < -0.3 is 10.4 Å². The van der Waals surface area contributed by atoms with E-state index < -0.39 is 0 Å². The number of aliphatic hydroxyl groups is 1. The van der Waals surface area contributed by atoms with Crippen LogP contribution in [0.5, 0.6) is 0 Å². The van der Waals surface area contributed by atoms with E-state index in [9.17, 15) is 4.79 Å². The number of carbonyl (C=O) groups excluding carboxylic acids is 1. The van der Waals surface area contributed by atoms with Gasteiger partial charge in [-0.1, -0.05) is 25.5 Å². The van der Waals surface area contributed by atoms with Gasteiger partial charge in [0.1, 0.15) is 5.69 Å². The Hall–Kier alpha value is -2.01. The number of hydrogen-bond donors (Lipinski definition) is 2. The van der Waals surface area contributed by atoms with Crippen molar-refractivity contribution in [2.75, 3.05) is 13.2 Å². The average Bonchev–Trinajstić information content (AvgIpc) is 2.50. The Kier molecular flexibility index (Phi) is 5.01. The van der Waals surface area contributed by atoms with Gasteiger partial charge in [-0.25, -0.2) is 4.98 Å². The van der Waals surface area contributed by atoms with Crippen molar-refractivity contribution >= 4 is 16.9 Å². The maximum Gasteiger partial charge on any atom is 0.271 e. The second-order valence-electron chi connectivity index (χ2n) is 4.74. The molecule has 1 amide bonds. The summed E-state index contributed by atoms with van der Waals surface area (Å²) in [5.74, 6) is 0.0667. The summed E-state index contributed by atoms with van der Waals surface area (Å²) in [6, 6.07) is 7.45. The molecular weight excluding hydrogens is 254 g/mol. The number of fused-ring (bicyclic) bond motifs is 1. The summed E-state index contributed by atoms with van der Waals surface area (Å²) in [5.41, 5.74) is 1.81. The third-order valence-corrected chi connectivity index (χ3v) is 3.35. The van der Waals surface area contributed by atoms with Crippen LogP contribution in [0, 0.1) is 5.92 Å². The Bertz CT molecular complexity index is 586. The molecular formula is C15H19N3O2. The Morgan fingerprint density at radius 3 is 2.80 bits per heavy atom. The van der Waals surface area contributed by atoms with Gasteiger partial charge in [-0.15, -0.1) is 0 Å². The molecule has 0 bridgehead atoms. The number of nitrogens with zero attached hydrogens (tertiary/aromatic N) is 2. The Balaban J connectivity index is 2.03. The lowest BCUT2D eigenvalue weighted by molar-refractivity contribution is 0.0938. The Morgan fingerprint density at radius 1 is 1.35 bits per heavy atom. The van der Waals surface area contributed by atoms with Crippen molar-refractivity contribution in [3.8, 4) is 0 Å². The summed E-state index contributed by atoms with van der Waals surface area (Å²) >= 11 is 0. The van der Waals surface area contributed by atoms with E-state index in [2.05, 4.69) is 15.3 Å². The molecule has 0 saturated heterocycles. The van der Waals surface area contributed by atoms with Crippen LogP contribution in [0.1, 0.15) is 30.3 Å². The topological polar surface area (TPSA) is 75.1 Å². The first-order valence-electron chi connectivity index (χ1n) is 6.85. The molecule has 0 aliphatic carbocycles. The number of nitrogens with one attached hydrogen (secondary N) is 1. The number of aromatic nitrogens is 2. The predicted molar refractivity (Wildman–Crippen MR) is 77.4 cm³/mol. The number of amides is 1. The number of hydrogen-bond acceptors (Lipinski definition) is 4. The van der Waals surface area contributed by atoms with Crippen LogP contribution in [0.25, 0.3) is 11.0 Å². The molecule has 0 spiro atoms. The second-order valence-corrected chi connectivity index (χ2v) is 4.74. The standard InChI is InChI=1S/C15H19N3O2/c1-2-11(7-8-19)9-17-15(20)14-10-16-12-5-3-4-6-13(12)18-14/h3-6,10-11,19H,2,7-9H2,1H3,(H,17,20). The first kappa shape index (κ1) is 14.4. The number of carbonyl (C=O) groups is 1. The highest BCUT2D eigenvalue weighted by molar-refractivity contribution is 5.93. The largest absolute Gasteiger partial charge is 0.396 e. The lowest BCUT2D eigenvalue weighted by Crippen LogP contribution is -2.30. The molecule has 0 radical (unpaired) electrons. The number of rotatable bonds is 6. The molecule has 2 rings (SSSR count). The van der Waals surface area contributed by atoms with Crippen molar-refractivity contribution in [1.29, 1.82) is 0 Å². The van der Waals surface area contributed by atoms with Crippen LogP contribution in [-0.4, -0.2) is 34.1 Å². The maximum absolute atomic E-state index is 12.0. The fourth-order valence-electron chi connectivity index (χ4n) is 2.03. The minimum Gasteiger partial charge on any atom is -0.396 e. The highest BCUT2D eigenvalue weighted by Crippen LogP contribution is 2.09. The fraction of sp³-hybridized carbons (Fsp3) is 0.400. The van der Waals surface area contributed by atoms with E-state index in [4.69, 9.17) is 5.11 Å². The average molecular weight is 273 g/mol. The molecule has 0 aliphatic heterocycles. The third-order valence-electron chi connectivity index (χ3n) is 3.35. The normalized spacial score (nSPS) is 12.3. The molecule has 1 aromatic heterocycles. The van der Waals surface area contributed by atoms with E-state index in [1.54, 1.807) is 0 Å². The molecule has 1 atom stereocenters. The van der Waals surface area contributed by atoms with E-state index in [1.165, 1.54) is 6.20 Å². The summed E-state index contributed by atoms with van der Waals surface area (Å²) in [4.78, 5) is 20.6. The van der Waals surface area contributed by atoms with Gasteiger partial charge in [0.2, 0.25) is 0 Å². The summed E-state index contributed by atoms with van der Waals surface area (Å²) in [6.45, 7) is 2.73. The quantitative estimate of drug-likeness (QED) is 0.841. The highest BCUT2D eigenvalue weighted by Gasteiger charge is 2.11. The van der Waals surface area contributed by atoms with Gasteiger partial charge in [0, 0.05) is 13.2 Å². The van der Waals surface area contributed by atoms with Crippen molar-refractivity contribution in [3.63, 3.8) is 0 Å². The molecule has 106 valence electrons. The van der Waals surface area contributed by atoms with E-state index in [1.807, 2.05) is 31.2 Å². The van der Waals surface area contributed by atoms with Gasteiger partial charge in [0.05, 0.1) is 17.2 Å². The molecule has 0 aliphatic rings. The van der Waals surface area contributed by atoms with Crippen LogP contribution in [0.15, 0.2) is 30.5 Å². The van der Waals surface area contributed by atoms with Crippen molar-refractivity contribution in [3.05, 3.63) is 36.2 Å². The lowest BCUT2D eigenvalue weighted by Gasteiger charge is -2.14. The molecule has 2 aromatic rings. The van der Waals surface area contributed by atoms with Gasteiger partial charge in [-0.3, -0.25) is 9.78 Å². The fourth-order valence-corrected chi connectivity index (χ4v) is 2.03. The van der Waals surface area contributed by atoms with Gasteiger partial charge in [0.25, 0.3) is 5.91 Å². The van der Waals surface area contributed by atoms with E-state index in [0.29, 0.717) is 24.2 Å². The second kappa shape index (κ2) is 6.96. The minimum absolute atomic E-state index is 0.143. The molecule has 20 heavy (non-hydrogen) atoms. The molecule has 0 fully saturated rings. The smallest absolute Gasteiger partial charge is 0.271 e. The molecule has 5 heteroatoms. The van der Waals surface area contributed by atoms with Gasteiger partial charge >= 0.3 is 0 Å². The Labute approximate surface area is 118 Å². The van der Waals surface area contributed by atoms with E-state index in [-0.39, 0.29) is 18.4 Å². The van der Waals surface area contributed by atoms with Gasteiger partial charge in [-0.2, -0.15) is 0 Å². The first-order chi connectivity index (χ1) is 9.74. The highest BCUT2D eigenvalue weighted by atomic mass is 16.3. The summed E-state index contributed by atoms with van der Waals surface area (Å²) in [6.07, 6.45) is 3.11. The van der Waals surface area contributed by atoms with Crippen LogP contribution < -0.4 is 5.32 Å². The third kappa shape index (κ3) is 3.51. The molecule has 5 nitrogen and oxygen atoms in total. The molecule has 1 aromatic carbocycles. The van der Waals surface area contributed by atoms with Crippen LogP contribution >= 0.6 is 0 Å². The molecule has 1 unspecified atom stereocenters. The van der Waals surface area contributed by atoms with Crippen molar-refractivity contribution in [2.24, 2.45) is 5.92 Å². The number of aliphatic hydroxyl groups excluding tert-OH is 1. The summed E-state index contributed by atoms with van der Waals surface area (Å²) in [5, 5.41) is 11.8. The first-order valence-corrected chi connectivity index (χ1v) is 6.85. The van der Waals surface area contributed by atoms with Crippen LogP contribution in [0.2, 0.25) is 0 Å². The van der Waals surface area contributed by atoms with Gasteiger partial charge in [0.15, 0.2) is 0 Å². The summed E-state index contributed by atoms with van der Waals surface area (Å²) < 4.78 is 0. The number of benzene rings is 1. The molecule has 0 saturated carbocycles. The lowest BCUT2D eigenvalue weighted by atomic mass is 10.0. The number of para-hydroxylation sites is 2. The SMILES string of the molecule is CCC(CCO)CNC(=O)c1cnc2ccccc2n1. The van der Waals surface area contributed by atoms with Crippen LogP contribution in [-0.2, 0) is 0 Å². The zero-order chi connectivity index (χ0) is 14.4. The van der Waals surface area contributed by atoms with E-state index in [0.717, 1.165) is 11.9 Å². The van der Waals surface area contributed by atoms with Crippen molar-refractivity contribution in [1.82, 2.24) is 15.3 Å². The monoisotopic (exact) mass is 273 g/mol. The maximum atomic E-state index is 12.0.